The Hall–Kier alpha value is -3.64. The number of esters is 1. The molecule has 1 fully saturated rings. The van der Waals surface area contributed by atoms with E-state index < -0.39 is 11.6 Å². The number of nitrogens with zero attached hydrogens (tertiary/aromatic N) is 2. The van der Waals surface area contributed by atoms with Gasteiger partial charge in [-0.1, -0.05) is 48.5 Å². The van der Waals surface area contributed by atoms with Gasteiger partial charge < -0.3 is 25.8 Å². The SMILES string of the molecule is C1CCOC1.Cc1nc(CCc2ccc(CCN)cc2)cs1.Cc1nc(CCc2ccc(CCNC(=O)NCC(=O)OC(C)(C)C)cc2)cs1. The predicted molar refractivity (Wildman–Crippen MR) is 205 cm³/mol. The maximum atomic E-state index is 11.7. The van der Waals surface area contributed by atoms with Gasteiger partial charge >= 0.3 is 12.0 Å². The Kier molecular flexibility index (Phi) is 18.1. The van der Waals surface area contributed by atoms with Crippen LogP contribution in [0.2, 0.25) is 0 Å². The molecule has 1 saturated heterocycles. The molecular formula is C39H55N5O4S2. The Morgan fingerprint density at radius 3 is 1.58 bits per heavy atom. The molecule has 0 bridgehead atoms. The Morgan fingerprint density at radius 2 is 1.20 bits per heavy atom. The van der Waals surface area contributed by atoms with Crippen molar-refractivity contribution in [1.82, 2.24) is 20.6 Å². The maximum Gasteiger partial charge on any atom is 0.325 e. The number of ether oxygens (including phenoxy) is 2. The summed E-state index contributed by atoms with van der Waals surface area (Å²) in [6, 6.07) is 16.8. The van der Waals surface area contributed by atoms with Crippen LogP contribution in [0.15, 0.2) is 59.3 Å². The van der Waals surface area contributed by atoms with Crippen molar-refractivity contribution in [3.63, 3.8) is 0 Å². The van der Waals surface area contributed by atoms with Crippen LogP contribution in [0.5, 0.6) is 0 Å². The minimum absolute atomic E-state index is 0.143. The molecule has 272 valence electrons. The second kappa shape index (κ2) is 22.2. The fourth-order valence-corrected chi connectivity index (χ4v) is 6.22. The molecule has 50 heavy (non-hydrogen) atoms. The van der Waals surface area contributed by atoms with Gasteiger partial charge in [0.05, 0.1) is 21.4 Å². The Labute approximate surface area is 306 Å². The molecule has 4 N–H and O–H groups in total. The van der Waals surface area contributed by atoms with E-state index in [0.29, 0.717) is 6.54 Å². The number of rotatable bonds is 13. The van der Waals surface area contributed by atoms with Crippen LogP contribution in [0.4, 0.5) is 4.79 Å². The average molecular weight is 722 g/mol. The zero-order valence-electron chi connectivity index (χ0n) is 30.4. The average Bonchev–Trinajstić information content (AvgIpc) is 3.88. The number of aromatic nitrogens is 2. The third-order valence-corrected chi connectivity index (χ3v) is 9.14. The molecule has 2 amide bonds. The lowest BCUT2D eigenvalue weighted by atomic mass is 10.0. The minimum Gasteiger partial charge on any atom is -0.459 e. The number of nitrogens with two attached hydrogens (primary N) is 1. The van der Waals surface area contributed by atoms with Crippen molar-refractivity contribution in [3.8, 4) is 0 Å². The van der Waals surface area contributed by atoms with E-state index in [2.05, 4.69) is 86.8 Å². The smallest absolute Gasteiger partial charge is 0.325 e. The van der Waals surface area contributed by atoms with E-state index in [-0.39, 0.29) is 12.6 Å². The van der Waals surface area contributed by atoms with Gasteiger partial charge in [0, 0.05) is 30.5 Å². The molecule has 11 heteroatoms. The van der Waals surface area contributed by atoms with Crippen LogP contribution < -0.4 is 16.4 Å². The van der Waals surface area contributed by atoms with Crippen molar-refractivity contribution in [3.05, 3.63) is 103 Å². The molecular weight excluding hydrogens is 667 g/mol. The first-order valence-electron chi connectivity index (χ1n) is 17.5. The van der Waals surface area contributed by atoms with Gasteiger partial charge in [0.1, 0.15) is 12.1 Å². The van der Waals surface area contributed by atoms with E-state index >= 15 is 0 Å². The van der Waals surface area contributed by atoms with Crippen LogP contribution in [0.25, 0.3) is 0 Å². The Morgan fingerprint density at radius 1 is 0.740 bits per heavy atom. The molecule has 5 rings (SSSR count). The first-order chi connectivity index (χ1) is 24.0. The van der Waals surface area contributed by atoms with E-state index in [1.807, 2.05) is 6.92 Å². The predicted octanol–water partition coefficient (Wildman–Crippen LogP) is 6.95. The van der Waals surface area contributed by atoms with Gasteiger partial charge in [0.15, 0.2) is 0 Å². The van der Waals surface area contributed by atoms with Gasteiger partial charge in [-0.2, -0.15) is 0 Å². The number of aryl methyl sites for hydroxylation is 6. The van der Waals surface area contributed by atoms with E-state index in [1.165, 1.54) is 35.2 Å². The molecule has 2 aromatic heterocycles. The van der Waals surface area contributed by atoms with Crippen LogP contribution in [0.3, 0.4) is 0 Å². The number of carbonyl (C=O) groups is 2. The highest BCUT2D eigenvalue weighted by Gasteiger charge is 2.16. The van der Waals surface area contributed by atoms with E-state index in [0.717, 1.165) is 79.6 Å². The summed E-state index contributed by atoms with van der Waals surface area (Å²) >= 11 is 3.41. The molecule has 0 radical (unpaired) electrons. The summed E-state index contributed by atoms with van der Waals surface area (Å²) in [5, 5.41) is 11.8. The molecule has 0 unspecified atom stereocenters. The molecule has 4 aromatic rings. The molecule has 2 aromatic carbocycles. The van der Waals surface area contributed by atoms with E-state index in [9.17, 15) is 9.59 Å². The second-order valence-electron chi connectivity index (χ2n) is 13.2. The number of hydrogen-bond donors (Lipinski definition) is 3. The standard InChI is InChI=1S/C21H29N3O3S.C14H18N2S.C4H8O/c1-15-24-18(14-28-15)10-9-16-5-7-17(8-6-16)11-12-22-20(26)23-13-19(25)27-21(2,3)4;1-11-16-14(10-17-11)7-6-12-2-4-13(5-3-12)8-9-15;1-2-4-5-3-1/h5-8,14H,9-13H2,1-4H3,(H2,22,23,26);2-5,10H,6-9,15H2,1H3;1-4H2. The quantitative estimate of drug-likeness (QED) is 0.128. The van der Waals surface area contributed by atoms with Crippen molar-refractivity contribution in [2.45, 2.75) is 91.6 Å². The Bertz CT molecular complexity index is 1530. The molecule has 9 nitrogen and oxygen atoms in total. The molecule has 0 atom stereocenters. The second-order valence-corrected chi connectivity index (χ2v) is 15.3. The Balaban J connectivity index is 0.000000257. The highest BCUT2D eigenvalue weighted by atomic mass is 32.1. The van der Waals surface area contributed by atoms with Crippen LogP contribution in [-0.4, -0.2) is 60.4 Å². The first-order valence-corrected chi connectivity index (χ1v) is 19.2. The zero-order chi connectivity index (χ0) is 36.2. The molecule has 3 heterocycles. The van der Waals surface area contributed by atoms with Gasteiger partial charge in [0.25, 0.3) is 0 Å². The lowest BCUT2D eigenvalue weighted by molar-refractivity contribution is -0.153. The zero-order valence-corrected chi connectivity index (χ0v) is 32.0. The summed E-state index contributed by atoms with van der Waals surface area (Å²) in [5.41, 5.74) is 12.4. The van der Waals surface area contributed by atoms with E-state index in [1.54, 1.807) is 43.4 Å². The highest BCUT2D eigenvalue weighted by molar-refractivity contribution is 7.09. The number of benzene rings is 2. The molecule has 0 aliphatic carbocycles. The van der Waals surface area contributed by atoms with Crippen molar-refractivity contribution in [2.75, 3.05) is 32.8 Å². The fraction of sp³-hybridized carbons (Fsp3) is 0.487. The van der Waals surface area contributed by atoms with Gasteiger partial charge in [-0.25, -0.2) is 14.8 Å². The van der Waals surface area contributed by atoms with Crippen molar-refractivity contribution in [2.24, 2.45) is 5.73 Å². The summed E-state index contributed by atoms with van der Waals surface area (Å²) in [6.45, 7) is 12.5. The summed E-state index contributed by atoms with van der Waals surface area (Å²) in [4.78, 5) is 32.3. The maximum absolute atomic E-state index is 11.7. The summed E-state index contributed by atoms with van der Waals surface area (Å²) in [7, 11) is 0. The molecule has 0 spiro atoms. The summed E-state index contributed by atoms with van der Waals surface area (Å²) in [6.07, 6.45) is 8.25. The number of carbonyl (C=O) groups excluding carboxylic acids is 2. The van der Waals surface area contributed by atoms with Gasteiger partial charge in [-0.15, -0.1) is 22.7 Å². The normalized spacial score (nSPS) is 12.3. The molecule has 1 aliphatic heterocycles. The van der Waals surface area contributed by atoms with Crippen LogP contribution in [-0.2, 0) is 52.8 Å². The third-order valence-electron chi connectivity index (χ3n) is 7.49. The number of urea groups is 1. The number of hydrogen-bond acceptors (Lipinski definition) is 9. The van der Waals surface area contributed by atoms with Crippen LogP contribution >= 0.6 is 22.7 Å². The number of thiazole rings is 2. The molecule has 1 aliphatic rings. The van der Waals surface area contributed by atoms with Crippen LogP contribution in [0, 0.1) is 13.8 Å². The highest BCUT2D eigenvalue weighted by Crippen LogP contribution is 2.14. The summed E-state index contributed by atoms with van der Waals surface area (Å²) in [5.74, 6) is -0.453. The van der Waals surface area contributed by atoms with Gasteiger partial charge in [-0.05, 0) is 115 Å². The van der Waals surface area contributed by atoms with Crippen molar-refractivity contribution in [1.29, 1.82) is 0 Å². The molecule has 0 saturated carbocycles. The third kappa shape index (κ3) is 17.8. The lowest BCUT2D eigenvalue weighted by Gasteiger charge is -2.19. The largest absolute Gasteiger partial charge is 0.459 e. The monoisotopic (exact) mass is 721 g/mol. The minimum atomic E-state index is -0.555. The summed E-state index contributed by atoms with van der Waals surface area (Å²) < 4.78 is 10.1. The lowest BCUT2D eigenvalue weighted by Crippen LogP contribution is -2.41. The van der Waals surface area contributed by atoms with Crippen molar-refractivity contribution >= 4 is 34.7 Å². The first kappa shape index (κ1) is 40.8. The number of nitrogens with one attached hydrogen (secondary N) is 2. The fourth-order valence-electron chi connectivity index (χ4n) is 4.93. The van der Waals surface area contributed by atoms with Gasteiger partial charge in [-0.3, -0.25) is 4.79 Å². The topological polar surface area (TPSA) is 128 Å². The van der Waals surface area contributed by atoms with Crippen LogP contribution in [0.1, 0.15) is 77.3 Å². The number of amides is 2. The van der Waals surface area contributed by atoms with E-state index in [4.69, 9.17) is 15.2 Å². The van der Waals surface area contributed by atoms with Gasteiger partial charge in [0.2, 0.25) is 0 Å². The van der Waals surface area contributed by atoms with Crippen molar-refractivity contribution < 1.29 is 19.1 Å².